The molecular weight excluding hydrogens is 442 g/mol. The Kier molecular flexibility index (Phi) is 6.10. The first-order valence-electron chi connectivity index (χ1n) is 11.4. The van der Waals surface area contributed by atoms with Crippen molar-refractivity contribution in [1.82, 2.24) is 4.90 Å². The molecule has 0 bridgehead atoms. The highest BCUT2D eigenvalue weighted by molar-refractivity contribution is 5.99. The molecule has 5 rings (SSSR count). The van der Waals surface area contributed by atoms with Gasteiger partial charge < -0.3 is 18.8 Å². The number of carbonyl (C=O) groups is 1. The molecule has 0 fully saturated rings. The Morgan fingerprint density at radius 1 is 1.00 bits per heavy atom. The molecule has 2 heterocycles. The maximum absolute atomic E-state index is 13.6. The molecule has 0 saturated heterocycles. The molecule has 0 N–H and O–H groups in total. The van der Waals surface area contributed by atoms with Crippen LogP contribution in [0.1, 0.15) is 33.3 Å². The van der Waals surface area contributed by atoms with Crippen molar-refractivity contribution < 1.29 is 18.7 Å². The Hall–Kier alpha value is -4.32. The van der Waals surface area contributed by atoms with Gasteiger partial charge in [-0.3, -0.25) is 9.59 Å². The van der Waals surface area contributed by atoms with Crippen molar-refractivity contribution in [3.05, 3.63) is 118 Å². The molecular formula is C29H25NO5. The van der Waals surface area contributed by atoms with E-state index in [4.69, 9.17) is 13.9 Å². The summed E-state index contributed by atoms with van der Waals surface area (Å²) in [6, 6.07) is 21.8. The van der Waals surface area contributed by atoms with E-state index in [2.05, 4.69) is 6.58 Å². The molecule has 0 unspecified atom stereocenters. The number of amides is 1. The molecule has 3 aromatic carbocycles. The maximum Gasteiger partial charge on any atom is 0.290 e. The van der Waals surface area contributed by atoms with Crippen molar-refractivity contribution in [3.8, 4) is 11.5 Å². The second kappa shape index (κ2) is 9.50. The minimum absolute atomic E-state index is 0.0951. The molecule has 1 amide bonds. The van der Waals surface area contributed by atoms with E-state index in [1.807, 2.05) is 42.5 Å². The normalized spacial score (nSPS) is 14.7. The summed E-state index contributed by atoms with van der Waals surface area (Å²) in [5, 5.41) is 0.451. The summed E-state index contributed by atoms with van der Waals surface area (Å²) in [5.41, 5.74) is 2.40. The Balaban J connectivity index is 1.63. The van der Waals surface area contributed by atoms with E-state index < -0.39 is 6.04 Å². The van der Waals surface area contributed by atoms with Gasteiger partial charge in [0.2, 0.25) is 5.76 Å². The highest BCUT2D eigenvalue weighted by Gasteiger charge is 2.42. The number of rotatable bonds is 8. The van der Waals surface area contributed by atoms with Gasteiger partial charge in [0, 0.05) is 6.54 Å². The van der Waals surface area contributed by atoms with Crippen molar-refractivity contribution in [3.63, 3.8) is 0 Å². The van der Waals surface area contributed by atoms with Crippen molar-refractivity contribution >= 4 is 16.9 Å². The molecule has 1 aliphatic rings. The molecule has 1 atom stereocenters. The first-order chi connectivity index (χ1) is 17.1. The van der Waals surface area contributed by atoms with Crippen LogP contribution in [0.5, 0.6) is 11.5 Å². The first-order valence-corrected chi connectivity index (χ1v) is 11.4. The Bertz CT molecular complexity index is 1460. The fraction of sp³-hybridized carbons (Fsp3) is 0.172. The first kappa shape index (κ1) is 22.5. The van der Waals surface area contributed by atoms with Gasteiger partial charge in [-0.15, -0.1) is 0 Å². The zero-order valence-electron chi connectivity index (χ0n) is 19.4. The molecule has 176 valence electrons. The molecule has 0 saturated carbocycles. The average molecular weight is 468 g/mol. The zero-order valence-corrected chi connectivity index (χ0v) is 19.4. The molecule has 35 heavy (non-hydrogen) atoms. The maximum atomic E-state index is 13.6. The third kappa shape index (κ3) is 4.08. The predicted molar refractivity (Wildman–Crippen MR) is 134 cm³/mol. The number of nitrogens with zero attached hydrogens (tertiary/aromatic N) is 1. The Labute approximate surface area is 203 Å². The van der Waals surface area contributed by atoms with E-state index in [-0.39, 0.29) is 17.1 Å². The molecule has 0 aliphatic carbocycles. The number of fused-ring (bicyclic) bond motifs is 2. The average Bonchev–Trinajstić information content (AvgIpc) is 3.18. The number of benzene rings is 3. The van der Waals surface area contributed by atoms with E-state index in [0.717, 1.165) is 11.1 Å². The van der Waals surface area contributed by atoms with Crippen LogP contribution in [-0.2, 0) is 6.42 Å². The van der Waals surface area contributed by atoms with Gasteiger partial charge in [0.1, 0.15) is 12.2 Å². The van der Waals surface area contributed by atoms with Gasteiger partial charge in [0.05, 0.1) is 24.1 Å². The van der Waals surface area contributed by atoms with E-state index in [0.29, 0.717) is 47.6 Å². The fourth-order valence-electron chi connectivity index (χ4n) is 4.56. The predicted octanol–water partition coefficient (Wildman–Crippen LogP) is 5.15. The lowest BCUT2D eigenvalue weighted by molar-refractivity contribution is 0.0730. The SMILES string of the molecule is C=CCOc1ccc([C@@H]2c3c(oc4ccccc4c3=O)C(=O)N2CCc2ccccc2)cc1OC. The minimum Gasteiger partial charge on any atom is -0.493 e. The van der Waals surface area contributed by atoms with Crippen LogP contribution < -0.4 is 14.9 Å². The van der Waals surface area contributed by atoms with Crippen LogP contribution in [0.4, 0.5) is 0 Å². The number of methoxy groups -OCH3 is 1. The summed E-state index contributed by atoms with van der Waals surface area (Å²) in [7, 11) is 1.56. The quantitative estimate of drug-likeness (QED) is 0.335. The van der Waals surface area contributed by atoms with Gasteiger partial charge in [-0.05, 0) is 41.8 Å². The lowest BCUT2D eigenvalue weighted by atomic mass is 9.97. The second-order valence-corrected chi connectivity index (χ2v) is 8.32. The van der Waals surface area contributed by atoms with E-state index >= 15 is 0 Å². The third-order valence-electron chi connectivity index (χ3n) is 6.22. The lowest BCUT2D eigenvalue weighted by Gasteiger charge is -2.26. The molecule has 0 radical (unpaired) electrons. The zero-order chi connectivity index (χ0) is 24.4. The van der Waals surface area contributed by atoms with Crippen molar-refractivity contribution in [2.75, 3.05) is 20.3 Å². The van der Waals surface area contributed by atoms with Crippen LogP contribution >= 0.6 is 0 Å². The molecule has 0 spiro atoms. The van der Waals surface area contributed by atoms with Gasteiger partial charge in [0.25, 0.3) is 5.91 Å². The van der Waals surface area contributed by atoms with E-state index in [1.54, 1.807) is 48.4 Å². The Morgan fingerprint density at radius 2 is 1.77 bits per heavy atom. The third-order valence-corrected chi connectivity index (χ3v) is 6.22. The smallest absolute Gasteiger partial charge is 0.290 e. The summed E-state index contributed by atoms with van der Waals surface area (Å²) < 4.78 is 17.3. The van der Waals surface area contributed by atoms with Crippen molar-refractivity contribution in [2.24, 2.45) is 0 Å². The standard InChI is InChI=1S/C29H25NO5/c1-3-17-34-23-14-13-20(18-24(23)33-2)26-25-27(31)21-11-7-8-12-22(21)35-28(25)29(32)30(26)16-15-19-9-5-4-6-10-19/h3-14,18,26H,1,15-17H2,2H3/t26-/m1/s1. The summed E-state index contributed by atoms with van der Waals surface area (Å²) in [6.45, 7) is 4.43. The number of para-hydroxylation sites is 1. The van der Waals surface area contributed by atoms with Gasteiger partial charge in [-0.25, -0.2) is 0 Å². The lowest BCUT2D eigenvalue weighted by Crippen LogP contribution is -2.31. The molecule has 1 aromatic heterocycles. The minimum atomic E-state index is -0.607. The number of carbonyl (C=O) groups excluding carboxylic acids is 1. The molecule has 6 nitrogen and oxygen atoms in total. The number of hydrogen-bond donors (Lipinski definition) is 0. The van der Waals surface area contributed by atoms with Crippen LogP contribution in [0, 0.1) is 0 Å². The topological polar surface area (TPSA) is 69.0 Å². The van der Waals surface area contributed by atoms with Crippen LogP contribution in [0.15, 0.2) is 94.7 Å². The highest BCUT2D eigenvalue weighted by Crippen LogP contribution is 2.41. The Morgan fingerprint density at radius 3 is 2.54 bits per heavy atom. The monoisotopic (exact) mass is 467 g/mol. The molecule has 6 heteroatoms. The van der Waals surface area contributed by atoms with Gasteiger partial charge in [-0.1, -0.05) is 61.2 Å². The van der Waals surface area contributed by atoms with Crippen LogP contribution in [-0.4, -0.2) is 31.1 Å². The summed E-state index contributed by atoms with van der Waals surface area (Å²) in [6.07, 6.45) is 2.29. The van der Waals surface area contributed by atoms with Crippen LogP contribution in [0.2, 0.25) is 0 Å². The van der Waals surface area contributed by atoms with Crippen molar-refractivity contribution in [1.29, 1.82) is 0 Å². The molecule has 1 aliphatic heterocycles. The largest absolute Gasteiger partial charge is 0.493 e. The highest BCUT2D eigenvalue weighted by atomic mass is 16.5. The van der Waals surface area contributed by atoms with Crippen molar-refractivity contribution in [2.45, 2.75) is 12.5 Å². The summed E-state index contributed by atoms with van der Waals surface area (Å²) >= 11 is 0. The van der Waals surface area contributed by atoms with Gasteiger partial charge >= 0.3 is 0 Å². The number of hydrogen-bond acceptors (Lipinski definition) is 5. The number of ether oxygens (including phenoxy) is 2. The summed E-state index contributed by atoms with van der Waals surface area (Å²) in [4.78, 5) is 28.9. The van der Waals surface area contributed by atoms with E-state index in [1.165, 1.54) is 0 Å². The van der Waals surface area contributed by atoms with Gasteiger partial charge in [-0.2, -0.15) is 0 Å². The van der Waals surface area contributed by atoms with Crippen LogP contribution in [0.3, 0.4) is 0 Å². The van der Waals surface area contributed by atoms with E-state index in [9.17, 15) is 9.59 Å². The second-order valence-electron chi connectivity index (χ2n) is 8.32. The van der Waals surface area contributed by atoms with Crippen LogP contribution in [0.25, 0.3) is 11.0 Å². The molecule has 4 aromatic rings. The van der Waals surface area contributed by atoms with Gasteiger partial charge in [0.15, 0.2) is 16.9 Å². The fourth-order valence-corrected chi connectivity index (χ4v) is 4.56. The summed E-state index contributed by atoms with van der Waals surface area (Å²) in [5.74, 6) is 0.868.